The first-order valence-corrected chi connectivity index (χ1v) is 13.9. The van der Waals surface area contributed by atoms with Crippen LogP contribution in [0.15, 0.2) is 121 Å². The molecule has 8 rings (SSSR count). The van der Waals surface area contributed by atoms with Crippen LogP contribution >= 0.6 is 0 Å². The summed E-state index contributed by atoms with van der Waals surface area (Å²) < 4.78 is 0. The average molecular weight is 567 g/mol. The highest BCUT2D eigenvalue weighted by atomic mass is 16.6. The van der Waals surface area contributed by atoms with Gasteiger partial charge >= 0.3 is 0 Å². The van der Waals surface area contributed by atoms with Crippen molar-refractivity contribution in [1.82, 2.24) is 0 Å². The van der Waals surface area contributed by atoms with E-state index >= 15 is 0 Å². The number of hydrogen-bond acceptors (Lipinski definition) is 5. The van der Waals surface area contributed by atoms with Crippen LogP contribution in [0.5, 0.6) is 0 Å². The molecule has 0 radical (unpaired) electrons. The number of nitro groups is 1. The highest BCUT2D eigenvalue weighted by Crippen LogP contribution is 2.34. The molecule has 0 aliphatic heterocycles. The first-order chi connectivity index (χ1) is 21.4. The zero-order valence-electron chi connectivity index (χ0n) is 23.3. The van der Waals surface area contributed by atoms with Crippen LogP contribution in [-0.4, -0.2) is 4.92 Å². The molecule has 6 heteroatoms. The van der Waals surface area contributed by atoms with E-state index in [4.69, 9.17) is 16.3 Å². The Morgan fingerprint density at radius 3 is 1.27 bits per heavy atom. The molecule has 0 bridgehead atoms. The number of rotatable bonds is 1. The largest absolute Gasteiger partial charge is 0.399 e. The van der Waals surface area contributed by atoms with Crippen LogP contribution in [0, 0.1) is 32.8 Å². The van der Waals surface area contributed by atoms with E-state index in [2.05, 4.69) is 42.5 Å². The quantitative estimate of drug-likeness (QED) is 0.0919. The van der Waals surface area contributed by atoms with Gasteiger partial charge in [-0.25, -0.2) is 0 Å². The fourth-order valence-corrected chi connectivity index (χ4v) is 6.03. The maximum absolute atomic E-state index is 10.9. The first-order valence-electron chi connectivity index (χ1n) is 13.9. The third-order valence-electron chi connectivity index (χ3n) is 8.14. The minimum atomic E-state index is -0.382. The van der Waals surface area contributed by atoms with Crippen LogP contribution in [0.1, 0.15) is 11.1 Å². The summed E-state index contributed by atoms with van der Waals surface area (Å²) in [5.74, 6) is 0. The molecule has 0 saturated heterocycles. The maximum atomic E-state index is 10.9. The molecule has 0 aromatic heterocycles. The Bertz CT molecular complexity index is 2580. The molecule has 206 valence electrons. The summed E-state index contributed by atoms with van der Waals surface area (Å²) in [6, 6.07) is 43.0. The molecule has 8 aromatic carbocycles. The predicted molar refractivity (Wildman–Crippen MR) is 178 cm³/mol. The summed E-state index contributed by atoms with van der Waals surface area (Å²) in [6.07, 6.45) is 0. The molecule has 0 amide bonds. The van der Waals surface area contributed by atoms with Crippen molar-refractivity contribution in [2.75, 3.05) is 5.73 Å². The summed E-state index contributed by atoms with van der Waals surface area (Å²) in [5.41, 5.74) is 8.06. The Balaban J connectivity index is 0.000000143. The number of fused-ring (bicyclic) bond motifs is 10. The van der Waals surface area contributed by atoms with Crippen LogP contribution in [0.25, 0.3) is 64.6 Å². The van der Waals surface area contributed by atoms with E-state index in [9.17, 15) is 10.1 Å². The first kappa shape index (κ1) is 26.4. The molecular formula is C38H22N4O2. The van der Waals surface area contributed by atoms with Gasteiger partial charge in [0.25, 0.3) is 5.69 Å². The second kappa shape index (κ2) is 10.4. The van der Waals surface area contributed by atoms with Crippen molar-refractivity contribution < 1.29 is 4.92 Å². The molecule has 0 aliphatic rings. The molecule has 0 saturated carbocycles. The number of nitrogens with zero attached hydrogens (tertiary/aromatic N) is 3. The van der Waals surface area contributed by atoms with Gasteiger partial charge in [-0.05, 0) is 107 Å². The van der Waals surface area contributed by atoms with E-state index in [1.807, 2.05) is 72.8 Å². The topological polar surface area (TPSA) is 117 Å². The minimum Gasteiger partial charge on any atom is -0.399 e. The van der Waals surface area contributed by atoms with Crippen molar-refractivity contribution in [2.45, 2.75) is 0 Å². The summed E-state index contributed by atoms with van der Waals surface area (Å²) >= 11 is 0. The molecule has 44 heavy (non-hydrogen) atoms. The lowest BCUT2D eigenvalue weighted by Crippen LogP contribution is -1.88. The maximum Gasteiger partial charge on any atom is 0.270 e. The summed E-state index contributed by atoms with van der Waals surface area (Å²) in [4.78, 5) is 10.5. The van der Waals surface area contributed by atoms with Gasteiger partial charge in [0.1, 0.15) is 0 Å². The number of nitrogen functional groups attached to an aromatic ring is 1. The standard InChI is InChI=1S/C19H10N2O2.C19H12N2/c20-11-12-1-5-16-13(9-12)2-6-19-17-8-4-15(21(22)23)10-14(17)3-7-18(16)19;20-11-12-1-5-16-13(9-12)2-6-19-17-8-4-15(21)10-14(17)3-7-18(16)19/h1-10H;1-10H,21H2. The summed E-state index contributed by atoms with van der Waals surface area (Å²) in [7, 11) is 0. The van der Waals surface area contributed by atoms with Crippen LogP contribution in [-0.2, 0) is 0 Å². The molecule has 0 aliphatic carbocycles. The predicted octanol–water partition coefficient (Wildman–Crippen LogP) is 9.53. The fourth-order valence-electron chi connectivity index (χ4n) is 6.03. The van der Waals surface area contributed by atoms with Crippen LogP contribution in [0.4, 0.5) is 11.4 Å². The molecule has 0 unspecified atom stereocenters. The Morgan fingerprint density at radius 1 is 0.477 bits per heavy atom. The van der Waals surface area contributed by atoms with Crippen molar-refractivity contribution >= 4 is 76.0 Å². The van der Waals surface area contributed by atoms with Gasteiger partial charge in [-0.3, -0.25) is 10.1 Å². The van der Waals surface area contributed by atoms with Crippen LogP contribution < -0.4 is 5.73 Å². The third-order valence-corrected chi connectivity index (χ3v) is 8.14. The molecule has 0 heterocycles. The van der Waals surface area contributed by atoms with Crippen LogP contribution in [0.3, 0.4) is 0 Å². The molecule has 0 spiro atoms. The fraction of sp³-hybridized carbons (Fsp3) is 0. The van der Waals surface area contributed by atoms with Gasteiger partial charge in [0.15, 0.2) is 0 Å². The molecule has 0 fully saturated rings. The Labute approximate surface area is 251 Å². The molecule has 0 atom stereocenters. The van der Waals surface area contributed by atoms with Crippen molar-refractivity contribution in [3.63, 3.8) is 0 Å². The Hall–Kier alpha value is -6.50. The van der Waals surface area contributed by atoms with Gasteiger partial charge in [0.2, 0.25) is 0 Å². The van der Waals surface area contributed by atoms with Crippen molar-refractivity contribution in [2.24, 2.45) is 0 Å². The average Bonchev–Trinajstić information content (AvgIpc) is 3.06. The zero-order valence-corrected chi connectivity index (χ0v) is 23.3. The lowest BCUT2D eigenvalue weighted by Gasteiger charge is -2.08. The van der Waals surface area contributed by atoms with E-state index < -0.39 is 0 Å². The second-order valence-electron chi connectivity index (χ2n) is 10.7. The number of nitrogens with two attached hydrogens (primary N) is 1. The Kier molecular flexibility index (Phi) is 6.24. The van der Waals surface area contributed by atoms with Gasteiger partial charge in [-0.1, -0.05) is 66.7 Å². The monoisotopic (exact) mass is 566 g/mol. The smallest absolute Gasteiger partial charge is 0.270 e. The van der Waals surface area contributed by atoms with Crippen molar-refractivity contribution in [3.05, 3.63) is 143 Å². The van der Waals surface area contributed by atoms with Gasteiger partial charge in [0.05, 0.1) is 28.2 Å². The van der Waals surface area contributed by atoms with Crippen molar-refractivity contribution in [3.8, 4) is 12.1 Å². The zero-order chi connectivity index (χ0) is 30.4. The number of non-ortho nitro benzene ring substituents is 1. The number of benzene rings is 8. The number of hydrogen-bond donors (Lipinski definition) is 1. The highest BCUT2D eigenvalue weighted by molar-refractivity contribution is 6.18. The molecule has 6 nitrogen and oxygen atoms in total. The summed E-state index contributed by atoms with van der Waals surface area (Å²) in [6.45, 7) is 0. The van der Waals surface area contributed by atoms with Gasteiger partial charge in [-0.2, -0.15) is 10.5 Å². The van der Waals surface area contributed by atoms with E-state index in [0.717, 1.165) is 48.8 Å². The van der Waals surface area contributed by atoms with E-state index in [1.165, 1.54) is 27.6 Å². The third kappa shape index (κ3) is 4.44. The Morgan fingerprint density at radius 2 is 0.841 bits per heavy atom. The van der Waals surface area contributed by atoms with E-state index in [1.54, 1.807) is 12.1 Å². The number of nitro benzene ring substituents is 1. The van der Waals surface area contributed by atoms with Crippen molar-refractivity contribution in [1.29, 1.82) is 10.5 Å². The lowest BCUT2D eigenvalue weighted by atomic mass is 9.96. The minimum absolute atomic E-state index is 0.0938. The molecule has 2 N–H and O–H groups in total. The van der Waals surface area contributed by atoms with Gasteiger partial charge in [0, 0.05) is 17.8 Å². The van der Waals surface area contributed by atoms with E-state index in [-0.39, 0.29) is 10.6 Å². The number of anilines is 1. The normalized spacial score (nSPS) is 11.0. The molecular weight excluding hydrogens is 544 g/mol. The number of nitriles is 2. The van der Waals surface area contributed by atoms with Gasteiger partial charge < -0.3 is 5.73 Å². The SMILES string of the molecule is N#Cc1ccc2c(ccc3c4ccc(N)cc4ccc23)c1.N#Cc1ccc2c(ccc3c4ccc([N+](=O)[O-])cc4ccc23)c1. The summed E-state index contributed by atoms with van der Waals surface area (Å²) in [5, 5.41) is 42.0. The van der Waals surface area contributed by atoms with Crippen LogP contribution in [0.2, 0.25) is 0 Å². The molecule has 8 aromatic rings. The lowest BCUT2D eigenvalue weighted by molar-refractivity contribution is -0.384. The van der Waals surface area contributed by atoms with E-state index in [0.29, 0.717) is 11.1 Å². The van der Waals surface area contributed by atoms with Gasteiger partial charge in [-0.15, -0.1) is 0 Å². The second-order valence-corrected chi connectivity index (χ2v) is 10.7. The highest BCUT2D eigenvalue weighted by Gasteiger charge is 2.10.